The molecule has 0 bridgehead atoms. The van der Waals surface area contributed by atoms with Crippen LogP contribution < -0.4 is 15.4 Å². The van der Waals surface area contributed by atoms with E-state index in [1.165, 1.54) is 31.0 Å². The van der Waals surface area contributed by atoms with Crippen LogP contribution in [-0.4, -0.2) is 33.7 Å². The number of sulfonamides is 1. The molecule has 6 nitrogen and oxygen atoms in total. The lowest BCUT2D eigenvalue weighted by Gasteiger charge is -2.10. The maximum atomic E-state index is 11.8. The van der Waals surface area contributed by atoms with Gasteiger partial charge in [0.05, 0.1) is 29.2 Å². The summed E-state index contributed by atoms with van der Waals surface area (Å²) in [6.07, 6.45) is 3.50. The van der Waals surface area contributed by atoms with Gasteiger partial charge in [-0.25, -0.2) is 8.42 Å². The van der Waals surface area contributed by atoms with Crippen molar-refractivity contribution in [3.05, 3.63) is 23.2 Å². The predicted molar refractivity (Wildman–Crippen MR) is 84.1 cm³/mol. The summed E-state index contributed by atoms with van der Waals surface area (Å²) in [6, 6.07) is 4.55. The summed E-state index contributed by atoms with van der Waals surface area (Å²) >= 11 is 5.99. The number of rotatable bonds is 7. The van der Waals surface area contributed by atoms with E-state index in [2.05, 4.69) is 15.4 Å². The zero-order chi connectivity index (χ0) is 15.5. The highest BCUT2D eigenvalue weighted by atomic mass is 35.5. The second-order valence-electron chi connectivity index (χ2n) is 5.19. The van der Waals surface area contributed by atoms with Crippen molar-refractivity contribution in [1.82, 2.24) is 5.32 Å². The Morgan fingerprint density at radius 1 is 1.38 bits per heavy atom. The predicted octanol–water partition coefficient (Wildman–Crippen LogP) is 1.65. The first-order valence-corrected chi connectivity index (χ1v) is 8.88. The Morgan fingerprint density at radius 3 is 2.71 bits per heavy atom. The number of hydrogen-bond donors (Lipinski definition) is 3. The molecule has 0 aliphatic heterocycles. The van der Waals surface area contributed by atoms with E-state index in [1.807, 2.05) is 0 Å². The number of amides is 1. The Balaban J connectivity index is 1.93. The zero-order valence-electron chi connectivity index (χ0n) is 11.6. The molecular weight excluding hydrogens is 314 g/mol. The fourth-order valence-corrected chi connectivity index (χ4v) is 2.52. The molecular formula is C13H18ClN3O3S. The van der Waals surface area contributed by atoms with Crippen molar-refractivity contribution in [3.63, 3.8) is 0 Å². The number of carbonyl (C=O) groups excluding carboxylic acids is 1. The van der Waals surface area contributed by atoms with Gasteiger partial charge in [-0.2, -0.15) is 0 Å². The van der Waals surface area contributed by atoms with Crippen LogP contribution in [0.2, 0.25) is 5.02 Å². The summed E-state index contributed by atoms with van der Waals surface area (Å²) in [5.74, 6) is 0.484. The topological polar surface area (TPSA) is 87.3 Å². The molecule has 0 atom stereocenters. The van der Waals surface area contributed by atoms with Crippen molar-refractivity contribution in [2.45, 2.75) is 12.8 Å². The third-order valence-electron chi connectivity index (χ3n) is 2.96. The summed E-state index contributed by atoms with van der Waals surface area (Å²) < 4.78 is 24.7. The van der Waals surface area contributed by atoms with Gasteiger partial charge in [-0.05, 0) is 43.5 Å². The summed E-state index contributed by atoms with van der Waals surface area (Å²) in [7, 11) is -3.37. The second kappa shape index (κ2) is 6.64. The summed E-state index contributed by atoms with van der Waals surface area (Å²) in [5, 5.41) is 6.09. The molecule has 0 radical (unpaired) electrons. The van der Waals surface area contributed by atoms with Gasteiger partial charge >= 0.3 is 0 Å². The number of benzene rings is 1. The van der Waals surface area contributed by atoms with Crippen LogP contribution in [0.15, 0.2) is 18.2 Å². The van der Waals surface area contributed by atoms with Gasteiger partial charge in [0.1, 0.15) is 0 Å². The minimum Gasteiger partial charge on any atom is -0.324 e. The molecule has 21 heavy (non-hydrogen) atoms. The van der Waals surface area contributed by atoms with Gasteiger partial charge in [-0.3, -0.25) is 9.52 Å². The van der Waals surface area contributed by atoms with Crippen molar-refractivity contribution in [3.8, 4) is 0 Å². The fraction of sp³-hybridized carbons (Fsp3) is 0.462. The molecule has 1 aliphatic carbocycles. The molecule has 2 rings (SSSR count). The lowest BCUT2D eigenvalue weighted by Crippen LogP contribution is -2.29. The van der Waals surface area contributed by atoms with E-state index in [4.69, 9.17) is 11.6 Å². The van der Waals surface area contributed by atoms with Crippen molar-refractivity contribution >= 4 is 38.9 Å². The minimum absolute atomic E-state index is 0.205. The number of hydrogen-bond acceptors (Lipinski definition) is 4. The molecule has 1 aromatic rings. The maximum Gasteiger partial charge on any atom is 0.238 e. The van der Waals surface area contributed by atoms with Crippen LogP contribution >= 0.6 is 11.6 Å². The lowest BCUT2D eigenvalue weighted by molar-refractivity contribution is -0.115. The van der Waals surface area contributed by atoms with Crippen molar-refractivity contribution in [1.29, 1.82) is 0 Å². The Kier molecular flexibility index (Phi) is 5.08. The minimum atomic E-state index is -3.37. The molecule has 0 spiro atoms. The average molecular weight is 332 g/mol. The molecule has 0 aromatic heterocycles. The summed E-state index contributed by atoms with van der Waals surface area (Å²) in [4.78, 5) is 11.8. The molecule has 0 saturated heterocycles. The van der Waals surface area contributed by atoms with Gasteiger partial charge in [0, 0.05) is 0 Å². The molecule has 3 N–H and O–H groups in total. The third kappa shape index (κ3) is 5.91. The number of anilines is 2. The van der Waals surface area contributed by atoms with Crippen LogP contribution in [0.4, 0.5) is 11.4 Å². The van der Waals surface area contributed by atoms with Crippen molar-refractivity contribution < 1.29 is 13.2 Å². The monoisotopic (exact) mass is 331 g/mol. The molecule has 1 aliphatic rings. The molecule has 1 fully saturated rings. The van der Waals surface area contributed by atoms with E-state index in [1.54, 1.807) is 0 Å². The van der Waals surface area contributed by atoms with Crippen LogP contribution in [-0.2, 0) is 14.8 Å². The van der Waals surface area contributed by atoms with Gasteiger partial charge in [-0.15, -0.1) is 0 Å². The van der Waals surface area contributed by atoms with E-state index in [-0.39, 0.29) is 12.5 Å². The van der Waals surface area contributed by atoms with Gasteiger partial charge in [0.25, 0.3) is 0 Å². The summed E-state index contributed by atoms with van der Waals surface area (Å²) in [6.45, 7) is 1.05. The SMILES string of the molecule is CS(=O)(=O)Nc1ccc(Cl)c(NC(=O)CNCC2CC2)c1. The standard InChI is InChI=1S/C13H18ClN3O3S/c1-21(19,20)17-10-4-5-11(14)12(6-10)16-13(18)8-15-7-9-2-3-9/h4-6,9,15,17H,2-3,7-8H2,1H3,(H,16,18). The first kappa shape index (κ1) is 16.1. The summed E-state index contributed by atoms with van der Waals surface area (Å²) in [5.41, 5.74) is 0.728. The first-order valence-electron chi connectivity index (χ1n) is 6.61. The Morgan fingerprint density at radius 2 is 2.10 bits per heavy atom. The Labute approximate surface area is 129 Å². The molecule has 116 valence electrons. The van der Waals surface area contributed by atoms with Crippen LogP contribution in [0.25, 0.3) is 0 Å². The molecule has 1 aromatic carbocycles. The number of carbonyl (C=O) groups is 1. The van der Waals surface area contributed by atoms with Crippen LogP contribution in [0.5, 0.6) is 0 Å². The van der Waals surface area contributed by atoms with E-state index in [9.17, 15) is 13.2 Å². The van der Waals surface area contributed by atoms with Crippen LogP contribution in [0, 0.1) is 5.92 Å². The highest BCUT2D eigenvalue weighted by molar-refractivity contribution is 7.92. The normalized spacial score (nSPS) is 14.8. The maximum absolute atomic E-state index is 11.8. The quantitative estimate of drug-likeness (QED) is 0.709. The number of halogens is 1. The van der Waals surface area contributed by atoms with Crippen LogP contribution in [0.3, 0.4) is 0 Å². The highest BCUT2D eigenvalue weighted by Crippen LogP contribution is 2.27. The fourth-order valence-electron chi connectivity index (χ4n) is 1.80. The Hall–Kier alpha value is -1.31. The van der Waals surface area contributed by atoms with Crippen LogP contribution in [0.1, 0.15) is 12.8 Å². The van der Waals surface area contributed by atoms with E-state index in [0.29, 0.717) is 22.3 Å². The van der Waals surface area contributed by atoms with E-state index < -0.39 is 10.0 Å². The number of nitrogens with one attached hydrogen (secondary N) is 3. The van der Waals surface area contributed by atoms with Gasteiger partial charge in [0.15, 0.2) is 0 Å². The second-order valence-corrected chi connectivity index (χ2v) is 7.35. The largest absolute Gasteiger partial charge is 0.324 e. The van der Waals surface area contributed by atoms with Gasteiger partial charge in [-0.1, -0.05) is 11.6 Å². The molecule has 8 heteroatoms. The Bertz CT molecular complexity index is 630. The smallest absolute Gasteiger partial charge is 0.238 e. The zero-order valence-corrected chi connectivity index (χ0v) is 13.2. The van der Waals surface area contributed by atoms with Gasteiger partial charge < -0.3 is 10.6 Å². The third-order valence-corrected chi connectivity index (χ3v) is 3.90. The van der Waals surface area contributed by atoms with E-state index in [0.717, 1.165) is 12.8 Å². The molecule has 1 amide bonds. The average Bonchev–Trinajstić information content (AvgIpc) is 3.15. The highest BCUT2D eigenvalue weighted by Gasteiger charge is 2.20. The van der Waals surface area contributed by atoms with Gasteiger partial charge in [0.2, 0.25) is 15.9 Å². The molecule has 1 saturated carbocycles. The van der Waals surface area contributed by atoms with E-state index >= 15 is 0 Å². The van der Waals surface area contributed by atoms with Crippen molar-refractivity contribution in [2.24, 2.45) is 5.92 Å². The van der Waals surface area contributed by atoms with Crippen molar-refractivity contribution in [2.75, 3.05) is 29.4 Å². The lowest BCUT2D eigenvalue weighted by atomic mass is 10.3. The molecule has 0 unspecified atom stereocenters. The molecule has 0 heterocycles. The first-order chi connectivity index (χ1) is 9.83.